The molecule has 1 aromatic carbocycles. The Bertz CT molecular complexity index is 310. The van der Waals surface area contributed by atoms with Crippen molar-refractivity contribution in [2.75, 3.05) is 5.73 Å². The first-order valence-corrected chi connectivity index (χ1v) is 4.06. The van der Waals surface area contributed by atoms with E-state index in [0.29, 0.717) is 5.69 Å². The van der Waals surface area contributed by atoms with Crippen LogP contribution in [0.4, 0.5) is 5.69 Å². The summed E-state index contributed by atoms with van der Waals surface area (Å²) in [4.78, 5) is 0. The maximum absolute atomic E-state index is 9.04. The van der Waals surface area contributed by atoms with Crippen LogP contribution in [0.2, 0.25) is 0 Å². The second-order valence-corrected chi connectivity index (χ2v) is 2.88. The van der Waals surface area contributed by atoms with Crippen LogP contribution in [0.15, 0.2) is 30.9 Å². The van der Waals surface area contributed by atoms with E-state index in [1.165, 1.54) is 0 Å². The first kappa shape index (κ1) is 9.77. The van der Waals surface area contributed by atoms with E-state index in [4.69, 9.17) is 16.6 Å². The van der Waals surface area contributed by atoms with Gasteiger partial charge in [0.25, 0.3) is 0 Å². The number of aliphatic hydroxyl groups is 1. The lowest BCUT2D eigenvalue weighted by Crippen LogP contribution is -2.10. The molecule has 0 aliphatic rings. The minimum atomic E-state index is -0.247. The number of rotatable bonds is 3. The summed E-state index contributed by atoms with van der Waals surface area (Å²) in [6.07, 6.45) is 1.63. The number of nitrogens with two attached hydrogens (primary N) is 2. The zero-order valence-electron chi connectivity index (χ0n) is 7.40. The van der Waals surface area contributed by atoms with E-state index in [2.05, 4.69) is 6.58 Å². The van der Waals surface area contributed by atoms with E-state index >= 15 is 0 Å². The van der Waals surface area contributed by atoms with Gasteiger partial charge in [0, 0.05) is 11.7 Å². The highest BCUT2D eigenvalue weighted by Crippen LogP contribution is 2.19. The molecule has 0 aromatic heterocycles. The third kappa shape index (κ3) is 2.08. The summed E-state index contributed by atoms with van der Waals surface area (Å²) in [7, 11) is 0. The smallest absolute Gasteiger partial charge is 0.0685 e. The van der Waals surface area contributed by atoms with Crippen LogP contribution in [0.5, 0.6) is 0 Å². The van der Waals surface area contributed by atoms with Gasteiger partial charge in [0.1, 0.15) is 0 Å². The van der Waals surface area contributed by atoms with Gasteiger partial charge in [0.15, 0.2) is 0 Å². The first-order chi connectivity index (χ1) is 6.19. The molecule has 0 spiro atoms. The van der Waals surface area contributed by atoms with Crippen LogP contribution in [-0.4, -0.2) is 5.11 Å². The Balaban J connectivity index is 3.12. The molecule has 0 amide bonds. The molecule has 1 aromatic rings. The van der Waals surface area contributed by atoms with Gasteiger partial charge in [-0.15, -0.1) is 6.58 Å². The molecular weight excluding hydrogens is 164 g/mol. The lowest BCUT2D eigenvalue weighted by Gasteiger charge is -2.11. The van der Waals surface area contributed by atoms with Crippen LogP contribution in [0, 0.1) is 0 Å². The van der Waals surface area contributed by atoms with E-state index in [1.807, 2.05) is 6.07 Å². The van der Waals surface area contributed by atoms with Crippen LogP contribution >= 0.6 is 0 Å². The number of aliphatic hydroxyl groups excluding tert-OH is 1. The molecule has 3 nitrogen and oxygen atoms in total. The van der Waals surface area contributed by atoms with Gasteiger partial charge >= 0.3 is 0 Å². The Morgan fingerprint density at radius 3 is 2.77 bits per heavy atom. The number of anilines is 1. The minimum Gasteiger partial charge on any atom is -0.399 e. The van der Waals surface area contributed by atoms with Gasteiger partial charge in [-0.25, -0.2) is 0 Å². The standard InChI is InChI=1S/C10H14N2O/c1-2-10(12)9-4-3-8(11)5-7(9)6-13/h2-5,10,13H,1,6,11-12H2/t10-/m0/s1. The van der Waals surface area contributed by atoms with Gasteiger partial charge in [0.2, 0.25) is 0 Å². The van der Waals surface area contributed by atoms with E-state index in [1.54, 1.807) is 18.2 Å². The first-order valence-electron chi connectivity index (χ1n) is 4.06. The average molecular weight is 178 g/mol. The Morgan fingerprint density at radius 1 is 1.54 bits per heavy atom. The molecule has 0 saturated heterocycles. The van der Waals surface area contributed by atoms with Gasteiger partial charge in [-0.2, -0.15) is 0 Å². The lowest BCUT2D eigenvalue weighted by atomic mass is 10.0. The summed E-state index contributed by atoms with van der Waals surface area (Å²) < 4.78 is 0. The molecule has 13 heavy (non-hydrogen) atoms. The molecule has 1 atom stereocenters. The largest absolute Gasteiger partial charge is 0.399 e. The van der Waals surface area contributed by atoms with Gasteiger partial charge < -0.3 is 16.6 Å². The maximum atomic E-state index is 9.04. The monoisotopic (exact) mass is 178 g/mol. The zero-order chi connectivity index (χ0) is 9.84. The molecule has 0 saturated carbocycles. The van der Waals surface area contributed by atoms with Crippen molar-refractivity contribution in [3.63, 3.8) is 0 Å². The normalized spacial score (nSPS) is 12.5. The fourth-order valence-electron chi connectivity index (χ4n) is 1.21. The van der Waals surface area contributed by atoms with Crippen molar-refractivity contribution < 1.29 is 5.11 Å². The Labute approximate surface area is 77.7 Å². The third-order valence-electron chi connectivity index (χ3n) is 1.95. The number of hydrogen-bond donors (Lipinski definition) is 3. The number of nitrogen functional groups attached to an aromatic ring is 1. The summed E-state index contributed by atoms with van der Waals surface area (Å²) in [5.41, 5.74) is 13.6. The highest BCUT2D eigenvalue weighted by Gasteiger charge is 2.06. The maximum Gasteiger partial charge on any atom is 0.0685 e. The van der Waals surface area contributed by atoms with Crippen molar-refractivity contribution in [1.29, 1.82) is 0 Å². The summed E-state index contributed by atoms with van der Waals surface area (Å²) >= 11 is 0. The molecule has 0 aliphatic carbocycles. The predicted octanol–water partition coefficient (Wildman–Crippen LogP) is 0.947. The molecule has 0 bridgehead atoms. The third-order valence-corrected chi connectivity index (χ3v) is 1.95. The number of benzene rings is 1. The second kappa shape index (κ2) is 4.07. The van der Waals surface area contributed by atoms with E-state index in [0.717, 1.165) is 11.1 Å². The summed E-state index contributed by atoms with van der Waals surface area (Å²) in [6, 6.07) is 5.05. The second-order valence-electron chi connectivity index (χ2n) is 2.88. The molecular formula is C10H14N2O. The molecule has 0 radical (unpaired) electrons. The van der Waals surface area contributed by atoms with Crippen LogP contribution in [0.1, 0.15) is 17.2 Å². The van der Waals surface area contributed by atoms with Crippen molar-refractivity contribution in [1.82, 2.24) is 0 Å². The number of hydrogen-bond acceptors (Lipinski definition) is 3. The lowest BCUT2D eigenvalue weighted by molar-refractivity contribution is 0.280. The highest BCUT2D eigenvalue weighted by atomic mass is 16.3. The van der Waals surface area contributed by atoms with Gasteiger partial charge in [-0.1, -0.05) is 12.1 Å². The molecule has 0 aliphatic heterocycles. The fraction of sp³-hybridized carbons (Fsp3) is 0.200. The molecule has 3 heteroatoms. The molecule has 0 fully saturated rings. The molecule has 70 valence electrons. The summed E-state index contributed by atoms with van der Waals surface area (Å²) in [6.45, 7) is 3.54. The van der Waals surface area contributed by atoms with Crippen molar-refractivity contribution in [3.8, 4) is 0 Å². The zero-order valence-corrected chi connectivity index (χ0v) is 7.40. The quantitative estimate of drug-likeness (QED) is 0.476. The minimum absolute atomic E-state index is 0.0537. The van der Waals surface area contributed by atoms with Crippen molar-refractivity contribution in [2.24, 2.45) is 5.73 Å². The van der Waals surface area contributed by atoms with Gasteiger partial charge in [0.05, 0.1) is 6.61 Å². The van der Waals surface area contributed by atoms with Crippen LogP contribution < -0.4 is 11.5 Å². The molecule has 0 unspecified atom stereocenters. The van der Waals surface area contributed by atoms with E-state index in [9.17, 15) is 0 Å². The average Bonchev–Trinajstić information content (AvgIpc) is 2.16. The Morgan fingerprint density at radius 2 is 2.23 bits per heavy atom. The van der Waals surface area contributed by atoms with Crippen LogP contribution in [-0.2, 0) is 6.61 Å². The Kier molecular flexibility index (Phi) is 3.06. The highest BCUT2D eigenvalue weighted by molar-refractivity contribution is 5.46. The van der Waals surface area contributed by atoms with E-state index < -0.39 is 0 Å². The SMILES string of the molecule is C=C[C@H](N)c1ccc(N)cc1CO. The Hall–Kier alpha value is -1.32. The van der Waals surface area contributed by atoms with Gasteiger partial charge in [-0.3, -0.25) is 0 Å². The van der Waals surface area contributed by atoms with Crippen LogP contribution in [0.3, 0.4) is 0 Å². The fourth-order valence-corrected chi connectivity index (χ4v) is 1.21. The van der Waals surface area contributed by atoms with Crippen molar-refractivity contribution in [3.05, 3.63) is 42.0 Å². The summed E-state index contributed by atoms with van der Waals surface area (Å²) in [5, 5.41) is 9.04. The molecule has 1 rings (SSSR count). The van der Waals surface area contributed by atoms with Gasteiger partial charge in [-0.05, 0) is 23.3 Å². The topological polar surface area (TPSA) is 72.3 Å². The van der Waals surface area contributed by atoms with Crippen molar-refractivity contribution in [2.45, 2.75) is 12.6 Å². The summed E-state index contributed by atoms with van der Waals surface area (Å²) in [5.74, 6) is 0. The molecule has 5 N–H and O–H groups in total. The van der Waals surface area contributed by atoms with Crippen molar-refractivity contribution >= 4 is 5.69 Å². The van der Waals surface area contributed by atoms with E-state index in [-0.39, 0.29) is 12.6 Å². The predicted molar refractivity (Wildman–Crippen MR) is 53.9 cm³/mol. The van der Waals surface area contributed by atoms with Crippen LogP contribution in [0.25, 0.3) is 0 Å². The molecule has 0 heterocycles.